The van der Waals surface area contributed by atoms with Crippen LogP contribution in [0.2, 0.25) is 0 Å². The lowest BCUT2D eigenvalue weighted by Gasteiger charge is -2.42. The van der Waals surface area contributed by atoms with Gasteiger partial charge in [-0.1, -0.05) is 17.7 Å². The Hall–Kier alpha value is -4.02. The number of hydrogen-bond acceptors (Lipinski definition) is 8. The van der Waals surface area contributed by atoms with E-state index in [1.165, 1.54) is 24.2 Å². The number of aromatic hydroxyl groups is 1. The van der Waals surface area contributed by atoms with Gasteiger partial charge in [0.15, 0.2) is 23.1 Å². The number of ether oxygens (including phenoxy) is 2. The van der Waals surface area contributed by atoms with E-state index in [1.807, 2.05) is 30.3 Å². The van der Waals surface area contributed by atoms with Crippen LogP contribution in [0.25, 0.3) is 0 Å². The lowest BCUT2D eigenvalue weighted by atomic mass is 9.59. The number of phenols is 1. The highest BCUT2D eigenvalue weighted by molar-refractivity contribution is 9.12. The number of amides is 2. The number of halogens is 1. The topological polar surface area (TPSA) is 113 Å². The Bertz CT molecular complexity index is 1670. The number of hydrogen-bond donors (Lipinski definition) is 1. The molecule has 2 fully saturated rings. The van der Waals surface area contributed by atoms with E-state index in [2.05, 4.69) is 20.8 Å². The third-order valence-electron chi connectivity index (χ3n) is 9.35. The van der Waals surface area contributed by atoms with Crippen LogP contribution in [-0.4, -0.2) is 61.9 Å². The average Bonchev–Trinajstić information content (AvgIpc) is 3.29. The molecule has 3 aliphatic carbocycles. The maximum Gasteiger partial charge on any atom is 0.238 e. The van der Waals surface area contributed by atoms with Crippen LogP contribution < -0.4 is 14.5 Å². The molecule has 2 amide bonds. The molecule has 0 unspecified atom stereocenters. The summed E-state index contributed by atoms with van der Waals surface area (Å²) in [7, 11) is 1.44. The second kappa shape index (κ2) is 10.6. The first-order valence-corrected chi connectivity index (χ1v) is 15.1. The second-order valence-corrected chi connectivity index (χ2v) is 12.3. The molecule has 4 atom stereocenters. The molecule has 220 valence electrons. The molecule has 9 nitrogen and oxygen atoms in total. The molecule has 0 radical (unpaired) electrons. The van der Waals surface area contributed by atoms with Crippen LogP contribution in [-0.2, 0) is 23.9 Å². The molecule has 0 bridgehead atoms. The summed E-state index contributed by atoms with van der Waals surface area (Å²) >= 11 is 3.25. The maximum absolute atomic E-state index is 14.2. The lowest BCUT2D eigenvalue weighted by Crippen LogP contribution is -2.39. The normalized spacial score (nSPS) is 27.0. The summed E-state index contributed by atoms with van der Waals surface area (Å²) < 4.78 is 11.0. The van der Waals surface area contributed by atoms with Crippen molar-refractivity contribution < 1.29 is 33.8 Å². The van der Waals surface area contributed by atoms with Crippen molar-refractivity contribution in [3.63, 3.8) is 0 Å². The van der Waals surface area contributed by atoms with Gasteiger partial charge in [-0.2, -0.15) is 0 Å². The Morgan fingerprint density at radius 3 is 2.40 bits per heavy atom. The zero-order valence-electron chi connectivity index (χ0n) is 23.4. The number of methoxy groups -OCH3 is 1. The van der Waals surface area contributed by atoms with Crippen LogP contribution in [0, 0.1) is 17.8 Å². The van der Waals surface area contributed by atoms with Gasteiger partial charge in [0.05, 0.1) is 42.3 Å². The molecule has 2 aromatic rings. The van der Waals surface area contributed by atoms with E-state index in [0.717, 1.165) is 24.4 Å². The number of imide groups is 1. The smallest absolute Gasteiger partial charge is 0.238 e. The average molecular weight is 646 g/mol. The number of nitrogens with zero attached hydrogens (tertiary/aromatic N) is 2. The van der Waals surface area contributed by atoms with Crippen molar-refractivity contribution in [3.8, 4) is 11.5 Å². The van der Waals surface area contributed by atoms with Crippen LogP contribution in [0.15, 0.2) is 75.8 Å². The molecule has 5 aliphatic rings. The zero-order chi connectivity index (χ0) is 30.0. The first-order chi connectivity index (χ1) is 20.8. The molecular formula is C33H29BrN2O7. The first kappa shape index (κ1) is 27.8. The van der Waals surface area contributed by atoms with Crippen molar-refractivity contribution in [2.45, 2.75) is 18.8 Å². The number of rotatable bonds is 4. The van der Waals surface area contributed by atoms with E-state index in [1.54, 1.807) is 12.1 Å². The summed E-state index contributed by atoms with van der Waals surface area (Å²) in [5.74, 6) is -3.24. The highest BCUT2D eigenvalue weighted by Crippen LogP contribution is 2.56. The molecule has 0 aromatic heterocycles. The molecule has 0 saturated carbocycles. The molecule has 1 N–H and O–H groups in total. The molecule has 2 aliphatic heterocycles. The summed E-state index contributed by atoms with van der Waals surface area (Å²) in [5, 5.41) is 10.3. The molecule has 0 spiro atoms. The minimum Gasteiger partial charge on any atom is -0.504 e. The standard InChI is InChI=1S/C33H29BrN2O7/c1-42-27-14-17(2-9-25(27)37)28-20-7-8-21-29(22(20)15-23-30(28)26(38)16-24(34)31(23)39)33(41)36(32(21)40)19-5-3-18(4-6-19)35-10-12-43-13-11-35/h2-7,9,14,16,21-22,28-29,37H,8,10-13,15H2,1H3/t21-,22+,28-,29-/m0/s1. The van der Waals surface area contributed by atoms with Crippen LogP contribution in [0.1, 0.15) is 24.3 Å². The summed E-state index contributed by atoms with van der Waals surface area (Å²) in [6.45, 7) is 2.86. The van der Waals surface area contributed by atoms with Crippen molar-refractivity contribution in [1.29, 1.82) is 0 Å². The number of carbonyl (C=O) groups is 4. The minimum atomic E-state index is -0.672. The van der Waals surface area contributed by atoms with E-state index < -0.39 is 23.7 Å². The van der Waals surface area contributed by atoms with Crippen LogP contribution in [0.3, 0.4) is 0 Å². The highest BCUT2D eigenvalue weighted by atomic mass is 79.9. The number of Topliss-reactive ketones (excluding diaryl/α,β-unsaturated/α-hetero) is 1. The van der Waals surface area contributed by atoms with Crippen molar-refractivity contribution >= 4 is 50.7 Å². The number of carbonyl (C=O) groups excluding carboxylic acids is 4. The van der Waals surface area contributed by atoms with Gasteiger partial charge < -0.3 is 19.5 Å². The van der Waals surface area contributed by atoms with Gasteiger partial charge in [-0.15, -0.1) is 0 Å². The second-order valence-electron chi connectivity index (χ2n) is 11.5. The van der Waals surface area contributed by atoms with Gasteiger partial charge >= 0.3 is 0 Å². The summed E-state index contributed by atoms with van der Waals surface area (Å²) in [4.78, 5) is 58.3. The third-order valence-corrected chi connectivity index (χ3v) is 9.94. The first-order valence-electron chi connectivity index (χ1n) is 14.3. The summed E-state index contributed by atoms with van der Waals surface area (Å²) in [6, 6.07) is 12.3. The number of fused-ring (bicyclic) bond motifs is 3. The Morgan fingerprint density at radius 1 is 0.953 bits per heavy atom. The SMILES string of the molecule is COc1cc([C@H]2C3=CC[C@@H]4C(=O)N(c5ccc(N6CCOCC6)cc5)C(=O)[C@@H]4[C@@H]3CC3=C2C(=O)C=C(Br)C3=O)ccc1O. The van der Waals surface area contributed by atoms with E-state index in [4.69, 9.17) is 9.47 Å². The fraction of sp³-hybridized carbons (Fsp3) is 0.333. The van der Waals surface area contributed by atoms with Crippen LogP contribution >= 0.6 is 15.9 Å². The molecule has 43 heavy (non-hydrogen) atoms. The molecule has 2 aromatic carbocycles. The van der Waals surface area contributed by atoms with Gasteiger partial charge in [0, 0.05) is 41.9 Å². The van der Waals surface area contributed by atoms with Crippen molar-refractivity contribution in [2.75, 3.05) is 43.2 Å². The molecule has 2 saturated heterocycles. The van der Waals surface area contributed by atoms with E-state index in [-0.39, 0.29) is 45.8 Å². The number of anilines is 2. The highest BCUT2D eigenvalue weighted by Gasteiger charge is 2.56. The van der Waals surface area contributed by atoms with Gasteiger partial charge in [-0.3, -0.25) is 24.1 Å². The van der Waals surface area contributed by atoms with Crippen LogP contribution in [0.5, 0.6) is 11.5 Å². The number of benzene rings is 2. The Balaban J connectivity index is 1.27. The summed E-state index contributed by atoms with van der Waals surface area (Å²) in [6.07, 6.45) is 3.80. The minimum absolute atomic E-state index is 0.0500. The lowest BCUT2D eigenvalue weighted by molar-refractivity contribution is -0.123. The van der Waals surface area contributed by atoms with Gasteiger partial charge in [0.25, 0.3) is 0 Å². The third kappa shape index (κ3) is 4.38. The molecule has 7 rings (SSSR count). The largest absolute Gasteiger partial charge is 0.504 e. The molecule has 10 heteroatoms. The zero-order valence-corrected chi connectivity index (χ0v) is 25.0. The maximum atomic E-state index is 14.2. The predicted molar refractivity (Wildman–Crippen MR) is 161 cm³/mol. The summed E-state index contributed by atoms with van der Waals surface area (Å²) in [5.41, 5.74) is 3.75. The van der Waals surface area contributed by atoms with Crippen LogP contribution in [0.4, 0.5) is 11.4 Å². The molecule has 2 heterocycles. The fourth-order valence-electron chi connectivity index (χ4n) is 7.35. The van der Waals surface area contributed by atoms with E-state index in [0.29, 0.717) is 42.0 Å². The van der Waals surface area contributed by atoms with Gasteiger partial charge in [0.2, 0.25) is 11.8 Å². The monoisotopic (exact) mass is 644 g/mol. The van der Waals surface area contributed by atoms with Crippen molar-refractivity contribution in [3.05, 3.63) is 81.4 Å². The Kier molecular flexibility index (Phi) is 6.85. The number of phenolic OH excluding ortho intramolecular Hbond substituents is 1. The van der Waals surface area contributed by atoms with Crippen molar-refractivity contribution in [1.82, 2.24) is 0 Å². The van der Waals surface area contributed by atoms with E-state index in [9.17, 15) is 24.3 Å². The number of morpholine rings is 1. The van der Waals surface area contributed by atoms with Crippen molar-refractivity contribution in [2.24, 2.45) is 17.8 Å². The molecular weight excluding hydrogens is 616 g/mol. The van der Waals surface area contributed by atoms with Gasteiger partial charge in [0.1, 0.15) is 0 Å². The number of allylic oxidation sites excluding steroid dienone is 6. The van der Waals surface area contributed by atoms with Gasteiger partial charge in [-0.25, -0.2) is 0 Å². The van der Waals surface area contributed by atoms with Gasteiger partial charge in [-0.05, 0) is 76.7 Å². The predicted octanol–water partition coefficient (Wildman–Crippen LogP) is 4.20. The fourth-order valence-corrected chi connectivity index (χ4v) is 7.80. The number of ketones is 2. The van der Waals surface area contributed by atoms with E-state index >= 15 is 0 Å². The Labute approximate surface area is 256 Å². The quantitative estimate of drug-likeness (QED) is 0.299. The Morgan fingerprint density at radius 2 is 1.67 bits per heavy atom.